The number of carbonyl (C=O) groups is 1. The van der Waals surface area contributed by atoms with Gasteiger partial charge in [0.25, 0.3) is 5.91 Å². The molecule has 2 heterocycles. The Morgan fingerprint density at radius 2 is 2.00 bits per heavy atom. The molecule has 2 atom stereocenters. The summed E-state index contributed by atoms with van der Waals surface area (Å²) in [7, 11) is 1.58. The molecule has 1 aliphatic rings. The molecule has 0 radical (unpaired) electrons. The van der Waals surface area contributed by atoms with Crippen LogP contribution >= 0.6 is 0 Å². The third kappa shape index (κ3) is 2.81. The third-order valence-corrected chi connectivity index (χ3v) is 3.35. The normalized spacial score (nSPS) is 23.8. The Morgan fingerprint density at radius 1 is 1.33 bits per heavy atom. The second kappa shape index (κ2) is 5.38. The van der Waals surface area contributed by atoms with Crippen molar-refractivity contribution in [2.75, 3.05) is 20.2 Å². The largest absolute Gasteiger partial charge is 0.495 e. The lowest BCUT2D eigenvalue weighted by atomic mass is 9.91. The van der Waals surface area contributed by atoms with Gasteiger partial charge in [-0.15, -0.1) is 0 Å². The van der Waals surface area contributed by atoms with Gasteiger partial charge < -0.3 is 9.64 Å². The molecule has 0 unspecified atom stereocenters. The van der Waals surface area contributed by atoms with E-state index in [4.69, 9.17) is 4.74 Å². The van der Waals surface area contributed by atoms with Crippen molar-refractivity contribution in [3.8, 4) is 5.75 Å². The Hall–Kier alpha value is -1.58. The van der Waals surface area contributed by atoms with Gasteiger partial charge in [-0.25, -0.2) is 0 Å². The third-order valence-electron chi connectivity index (χ3n) is 3.35. The summed E-state index contributed by atoms with van der Waals surface area (Å²) in [6, 6.07) is 1.75. The summed E-state index contributed by atoms with van der Waals surface area (Å²) < 4.78 is 5.10. The molecule has 2 rings (SSSR count). The van der Waals surface area contributed by atoms with E-state index in [2.05, 4.69) is 18.8 Å². The second-order valence-corrected chi connectivity index (χ2v) is 5.27. The molecule has 1 aromatic rings. The van der Waals surface area contributed by atoms with E-state index >= 15 is 0 Å². The quantitative estimate of drug-likeness (QED) is 0.806. The van der Waals surface area contributed by atoms with Crippen LogP contribution in [0.15, 0.2) is 18.5 Å². The molecule has 0 N–H and O–H groups in total. The molecule has 0 bridgehead atoms. The summed E-state index contributed by atoms with van der Waals surface area (Å²) >= 11 is 0. The minimum Gasteiger partial charge on any atom is -0.495 e. The van der Waals surface area contributed by atoms with Crippen LogP contribution in [0.4, 0.5) is 0 Å². The van der Waals surface area contributed by atoms with Gasteiger partial charge in [-0.3, -0.25) is 9.78 Å². The fraction of sp³-hybridized carbons (Fsp3) is 0.571. The number of piperidine rings is 1. The molecule has 0 saturated carbocycles. The van der Waals surface area contributed by atoms with Crippen LogP contribution in [0.2, 0.25) is 0 Å². The monoisotopic (exact) mass is 248 g/mol. The first-order valence-corrected chi connectivity index (χ1v) is 6.38. The maximum atomic E-state index is 12.4. The molecule has 1 aliphatic heterocycles. The van der Waals surface area contributed by atoms with E-state index in [1.54, 1.807) is 25.6 Å². The first-order chi connectivity index (χ1) is 8.60. The topological polar surface area (TPSA) is 42.4 Å². The number of aromatic nitrogens is 1. The summed E-state index contributed by atoms with van der Waals surface area (Å²) in [4.78, 5) is 18.4. The fourth-order valence-corrected chi connectivity index (χ4v) is 2.66. The van der Waals surface area contributed by atoms with Crippen LogP contribution in [-0.4, -0.2) is 36.0 Å². The van der Waals surface area contributed by atoms with Crippen molar-refractivity contribution < 1.29 is 9.53 Å². The van der Waals surface area contributed by atoms with Crippen molar-refractivity contribution in [3.63, 3.8) is 0 Å². The minimum atomic E-state index is 0.0554. The Balaban J connectivity index is 2.14. The molecular formula is C14H20N2O2. The van der Waals surface area contributed by atoms with Crippen LogP contribution in [0.25, 0.3) is 0 Å². The van der Waals surface area contributed by atoms with Crippen molar-refractivity contribution in [2.24, 2.45) is 11.8 Å². The highest BCUT2D eigenvalue weighted by atomic mass is 16.5. The zero-order valence-corrected chi connectivity index (χ0v) is 11.2. The van der Waals surface area contributed by atoms with E-state index in [0.717, 1.165) is 13.1 Å². The van der Waals surface area contributed by atoms with Crippen LogP contribution in [0.5, 0.6) is 5.75 Å². The Morgan fingerprint density at radius 3 is 2.61 bits per heavy atom. The predicted octanol–water partition coefficient (Wildman–Crippen LogP) is 2.21. The number of hydrogen-bond acceptors (Lipinski definition) is 3. The van der Waals surface area contributed by atoms with Gasteiger partial charge in [-0.2, -0.15) is 0 Å². The molecule has 4 nitrogen and oxygen atoms in total. The average molecular weight is 248 g/mol. The van der Waals surface area contributed by atoms with Gasteiger partial charge >= 0.3 is 0 Å². The highest BCUT2D eigenvalue weighted by Crippen LogP contribution is 2.23. The number of methoxy groups -OCH3 is 1. The zero-order chi connectivity index (χ0) is 13.1. The van der Waals surface area contributed by atoms with Gasteiger partial charge in [-0.05, 0) is 24.3 Å². The van der Waals surface area contributed by atoms with Gasteiger partial charge in [0.15, 0.2) is 0 Å². The van der Waals surface area contributed by atoms with Crippen molar-refractivity contribution in [2.45, 2.75) is 20.3 Å². The number of ether oxygens (including phenoxy) is 1. The molecule has 1 aromatic heterocycles. The van der Waals surface area contributed by atoms with Gasteiger partial charge in [0.2, 0.25) is 0 Å². The maximum Gasteiger partial charge on any atom is 0.255 e. The molecule has 4 heteroatoms. The molecule has 0 aromatic carbocycles. The van der Waals surface area contributed by atoms with E-state index in [9.17, 15) is 4.79 Å². The van der Waals surface area contributed by atoms with E-state index in [0.29, 0.717) is 23.1 Å². The average Bonchev–Trinajstić information content (AvgIpc) is 2.37. The van der Waals surface area contributed by atoms with Crippen LogP contribution in [0.3, 0.4) is 0 Å². The molecule has 98 valence electrons. The van der Waals surface area contributed by atoms with Crippen molar-refractivity contribution >= 4 is 5.91 Å². The standard InChI is InChI=1S/C14H20N2O2/c1-10-4-11(2)9-16(8-10)14(17)12-5-13(18-3)7-15-6-12/h5-7,10-11H,4,8-9H2,1-3H3/t10-,11-/m0/s1. The number of amides is 1. The van der Waals surface area contributed by atoms with Crippen LogP contribution in [-0.2, 0) is 0 Å². The number of hydrogen-bond donors (Lipinski definition) is 0. The van der Waals surface area contributed by atoms with Crippen molar-refractivity contribution in [3.05, 3.63) is 24.0 Å². The first-order valence-electron chi connectivity index (χ1n) is 6.38. The Bertz CT molecular complexity index is 424. The predicted molar refractivity (Wildman–Crippen MR) is 69.6 cm³/mol. The number of nitrogens with zero attached hydrogens (tertiary/aromatic N) is 2. The van der Waals surface area contributed by atoms with Crippen LogP contribution < -0.4 is 4.74 Å². The minimum absolute atomic E-state index is 0.0554. The lowest BCUT2D eigenvalue weighted by molar-refractivity contribution is 0.0622. The molecule has 18 heavy (non-hydrogen) atoms. The smallest absolute Gasteiger partial charge is 0.255 e. The SMILES string of the molecule is COc1cncc(C(=O)N2C[C@@H](C)C[C@H](C)C2)c1. The zero-order valence-electron chi connectivity index (χ0n) is 11.2. The first kappa shape index (κ1) is 12.9. The molecule has 0 aliphatic carbocycles. The van der Waals surface area contributed by atoms with E-state index in [1.165, 1.54) is 6.42 Å². The Labute approximate surface area is 108 Å². The van der Waals surface area contributed by atoms with Gasteiger partial charge in [0.1, 0.15) is 5.75 Å². The summed E-state index contributed by atoms with van der Waals surface area (Å²) in [5.41, 5.74) is 0.607. The lowest BCUT2D eigenvalue weighted by Crippen LogP contribution is -2.42. The number of likely N-dealkylation sites (tertiary alicyclic amines) is 1. The van der Waals surface area contributed by atoms with E-state index in [-0.39, 0.29) is 5.91 Å². The Kier molecular flexibility index (Phi) is 3.84. The summed E-state index contributed by atoms with van der Waals surface area (Å²) in [6.07, 6.45) is 4.41. The van der Waals surface area contributed by atoms with Gasteiger partial charge in [-0.1, -0.05) is 13.8 Å². The number of rotatable bonds is 2. The molecular weight excluding hydrogens is 228 g/mol. The highest BCUT2D eigenvalue weighted by molar-refractivity contribution is 5.94. The van der Waals surface area contributed by atoms with Crippen LogP contribution in [0, 0.1) is 11.8 Å². The van der Waals surface area contributed by atoms with Crippen molar-refractivity contribution in [1.82, 2.24) is 9.88 Å². The molecule has 1 fully saturated rings. The summed E-state index contributed by atoms with van der Waals surface area (Å²) in [5, 5.41) is 0. The van der Waals surface area contributed by atoms with Crippen LogP contribution in [0.1, 0.15) is 30.6 Å². The van der Waals surface area contributed by atoms with E-state index in [1.807, 2.05) is 4.90 Å². The second-order valence-electron chi connectivity index (χ2n) is 5.27. The fourth-order valence-electron chi connectivity index (χ4n) is 2.66. The maximum absolute atomic E-state index is 12.4. The van der Waals surface area contributed by atoms with Gasteiger partial charge in [0.05, 0.1) is 18.9 Å². The lowest BCUT2D eigenvalue weighted by Gasteiger charge is -2.35. The summed E-state index contributed by atoms with van der Waals surface area (Å²) in [6.45, 7) is 6.06. The van der Waals surface area contributed by atoms with Gasteiger partial charge in [0, 0.05) is 19.3 Å². The number of pyridine rings is 1. The molecule has 1 saturated heterocycles. The van der Waals surface area contributed by atoms with Crippen molar-refractivity contribution in [1.29, 1.82) is 0 Å². The van der Waals surface area contributed by atoms with E-state index < -0.39 is 0 Å². The molecule has 0 spiro atoms. The summed E-state index contributed by atoms with van der Waals surface area (Å²) in [5.74, 6) is 1.81. The molecule has 1 amide bonds. The highest BCUT2D eigenvalue weighted by Gasteiger charge is 2.26. The number of carbonyl (C=O) groups excluding carboxylic acids is 1.